The monoisotopic (exact) mass is 340 g/mol. The zero-order valence-electron chi connectivity index (χ0n) is 13.5. The number of benzene rings is 1. The Morgan fingerprint density at radius 2 is 1.91 bits per heavy atom. The number of anilines is 1. The van der Waals surface area contributed by atoms with Gasteiger partial charge in [-0.15, -0.1) is 12.4 Å². The first kappa shape index (κ1) is 19.3. The molecule has 1 saturated heterocycles. The van der Waals surface area contributed by atoms with Gasteiger partial charge in [0.25, 0.3) is 5.91 Å². The van der Waals surface area contributed by atoms with Crippen LogP contribution in [0.2, 0.25) is 0 Å². The number of hydrogen-bond donors (Lipinski definition) is 3. The number of nitrogens with two attached hydrogens (primary N) is 1. The summed E-state index contributed by atoms with van der Waals surface area (Å²) in [6, 6.07) is 6.81. The number of rotatable bonds is 3. The average Bonchev–Trinajstić information content (AvgIpc) is 2.46. The zero-order chi connectivity index (χ0) is 16.1. The van der Waals surface area contributed by atoms with E-state index in [0.29, 0.717) is 17.8 Å². The molecule has 1 aromatic carbocycles. The predicted molar refractivity (Wildman–Crippen MR) is 94.1 cm³/mol. The van der Waals surface area contributed by atoms with Crippen LogP contribution in [0.3, 0.4) is 0 Å². The number of nitrogens with one attached hydrogen (secondary N) is 2. The van der Waals surface area contributed by atoms with E-state index in [-0.39, 0.29) is 36.4 Å². The van der Waals surface area contributed by atoms with Gasteiger partial charge in [-0.2, -0.15) is 0 Å². The van der Waals surface area contributed by atoms with Gasteiger partial charge in [-0.25, -0.2) is 4.79 Å². The molecule has 1 aromatic rings. The van der Waals surface area contributed by atoms with Crippen LogP contribution in [0.4, 0.5) is 10.5 Å². The van der Waals surface area contributed by atoms with Crippen LogP contribution >= 0.6 is 12.4 Å². The SMILES string of the molecule is CC(C)NC(=O)Nc1ccc(C(=O)N2CCCC(N)C2)cc1.Cl. The second-order valence-electron chi connectivity index (χ2n) is 5.98. The Morgan fingerprint density at radius 3 is 2.48 bits per heavy atom. The van der Waals surface area contributed by atoms with E-state index >= 15 is 0 Å². The molecular weight excluding hydrogens is 316 g/mol. The van der Waals surface area contributed by atoms with Crippen molar-refractivity contribution in [3.8, 4) is 0 Å². The van der Waals surface area contributed by atoms with E-state index in [1.807, 2.05) is 13.8 Å². The summed E-state index contributed by atoms with van der Waals surface area (Å²) in [5, 5.41) is 5.48. The normalized spacial score (nSPS) is 17.4. The highest BCUT2D eigenvalue weighted by molar-refractivity contribution is 5.95. The molecule has 1 aliphatic heterocycles. The van der Waals surface area contributed by atoms with Gasteiger partial charge in [-0.05, 0) is 51.0 Å². The van der Waals surface area contributed by atoms with Crippen LogP contribution in [0.15, 0.2) is 24.3 Å². The number of carbonyl (C=O) groups is 2. The molecule has 1 unspecified atom stereocenters. The Labute approximate surface area is 143 Å². The summed E-state index contributed by atoms with van der Waals surface area (Å²) >= 11 is 0. The second-order valence-corrected chi connectivity index (χ2v) is 5.98. The number of hydrogen-bond acceptors (Lipinski definition) is 3. The molecule has 23 heavy (non-hydrogen) atoms. The standard InChI is InChI=1S/C16H24N4O2.ClH/c1-11(2)18-16(22)19-14-7-5-12(6-8-14)15(21)20-9-3-4-13(17)10-20;/h5-8,11,13H,3-4,9-10,17H2,1-2H3,(H2,18,19,22);1H. The molecular formula is C16H25ClN4O2. The molecule has 0 radical (unpaired) electrons. The first-order valence-electron chi connectivity index (χ1n) is 7.68. The molecule has 0 spiro atoms. The number of nitrogens with zero attached hydrogens (tertiary/aromatic N) is 1. The molecule has 0 bridgehead atoms. The van der Waals surface area contributed by atoms with Gasteiger partial charge < -0.3 is 21.3 Å². The molecule has 6 nitrogen and oxygen atoms in total. The molecule has 1 heterocycles. The van der Waals surface area contributed by atoms with E-state index in [0.717, 1.165) is 19.4 Å². The Morgan fingerprint density at radius 1 is 1.26 bits per heavy atom. The van der Waals surface area contributed by atoms with Crippen LogP contribution in [-0.4, -0.2) is 42.0 Å². The minimum absolute atomic E-state index is 0. The zero-order valence-corrected chi connectivity index (χ0v) is 14.4. The number of likely N-dealkylation sites (tertiary alicyclic amines) is 1. The minimum atomic E-state index is -0.254. The Kier molecular flexibility index (Phi) is 7.32. The van der Waals surface area contributed by atoms with Crippen LogP contribution in [0.5, 0.6) is 0 Å². The van der Waals surface area contributed by atoms with Crippen molar-refractivity contribution >= 4 is 30.0 Å². The highest BCUT2D eigenvalue weighted by Crippen LogP contribution is 2.15. The summed E-state index contributed by atoms with van der Waals surface area (Å²) in [5.74, 6) is -0.00617. The van der Waals surface area contributed by atoms with Gasteiger partial charge >= 0.3 is 6.03 Å². The summed E-state index contributed by atoms with van der Waals surface area (Å²) in [7, 11) is 0. The van der Waals surface area contributed by atoms with Crippen molar-refractivity contribution in [3.63, 3.8) is 0 Å². The molecule has 1 aliphatic rings. The van der Waals surface area contributed by atoms with Gasteiger partial charge in [-0.1, -0.05) is 0 Å². The van der Waals surface area contributed by atoms with E-state index < -0.39 is 0 Å². The predicted octanol–water partition coefficient (Wildman–Crippen LogP) is 2.20. The largest absolute Gasteiger partial charge is 0.337 e. The number of urea groups is 1. The van der Waals surface area contributed by atoms with Gasteiger partial charge in [0, 0.05) is 36.4 Å². The summed E-state index contributed by atoms with van der Waals surface area (Å²) < 4.78 is 0. The van der Waals surface area contributed by atoms with Gasteiger partial charge in [0.1, 0.15) is 0 Å². The van der Waals surface area contributed by atoms with Crippen LogP contribution < -0.4 is 16.4 Å². The lowest BCUT2D eigenvalue weighted by Gasteiger charge is -2.30. The molecule has 4 N–H and O–H groups in total. The second kappa shape index (κ2) is 8.74. The number of amides is 3. The fourth-order valence-corrected chi connectivity index (χ4v) is 2.50. The maximum atomic E-state index is 12.4. The number of piperidine rings is 1. The third kappa shape index (κ3) is 5.73. The van der Waals surface area contributed by atoms with Crippen molar-refractivity contribution < 1.29 is 9.59 Å². The molecule has 0 saturated carbocycles. The molecule has 3 amide bonds. The maximum absolute atomic E-state index is 12.4. The fourth-order valence-electron chi connectivity index (χ4n) is 2.50. The van der Waals surface area contributed by atoms with Crippen molar-refractivity contribution in [2.45, 2.75) is 38.8 Å². The lowest BCUT2D eigenvalue weighted by atomic mass is 10.1. The van der Waals surface area contributed by atoms with Crippen LogP contribution in [-0.2, 0) is 0 Å². The van der Waals surface area contributed by atoms with E-state index in [1.54, 1.807) is 29.2 Å². The van der Waals surface area contributed by atoms with Crippen LogP contribution in [0.25, 0.3) is 0 Å². The lowest BCUT2D eigenvalue weighted by molar-refractivity contribution is 0.0709. The third-order valence-corrected chi connectivity index (χ3v) is 3.55. The topological polar surface area (TPSA) is 87.5 Å². The van der Waals surface area contributed by atoms with Gasteiger partial charge in [0.05, 0.1) is 0 Å². The Hall–Kier alpha value is -1.79. The highest BCUT2D eigenvalue weighted by Gasteiger charge is 2.22. The number of carbonyl (C=O) groups excluding carboxylic acids is 2. The number of halogens is 1. The van der Waals surface area contributed by atoms with Crippen molar-refractivity contribution in [3.05, 3.63) is 29.8 Å². The summed E-state index contributed by atoms with van der Waals surface area (Å²) in [6.07, 6.45) is 1.92. The Bertz CT molecular complexity index is 533. The molecule has 0 aromatic heterocycles. The Balaban J connectivity index is 0.00000264. The van der Waals surface area contributed by atoms with E-state index in [1.165, 1.54) is 0 Å². The van der Waals surface area contributed by atoms with Gasteiger partial charge in [0.2, 0.25) is 0 Å². The van der Waals surface area contributed by atoms with Gasteiger partial charge in [0.15, 0.2) is 0 Å². The van der Waals surface area contributed by atoms with E-state index in [2.05, 4.69) is 10.6 Å². The maximum Gasteiger partial charge on any atom is 0.319 e. The van der Waals surface area contributed by atoms with E-state index in [9.17, 15) is 9.59 Å². The van der Waals surface area contributed by atoms with Crippen molar-refractivity contribution in [1.29, 1.82) is 0 Å². The highest BCUT2D eigenvalue weighted by atomic mass is 35.5. The molecule has 128 valence electrons. The lowest BCUT2D eigenvalue weighted by Crippen LogP contribution is -2.45. The van der Waals surface area contributed by atoms with Crippen molar-refractivity contribution in [1.82, 2.24) is 10.2 Å². The third-order valence-electron chi connectivity index (χ3n) is 3.55. The smallest absolute Gasteiger partial charge is 0.319 e. The van der Waals surface area contributed by atoms with Crippen molar-refractivity contribution in [2.75, 3.05) is 18.4 Å². The molecule has 1 atom stereocenters. The van der Waals surface area contributed by atoms with Crippen LogP contribution in [0, 0.1) is 0 Å². The first-order chi connectivity index (χ1) is 10.5. The fraction of sp³-hybridized carbons (Fsp3) is 0.500. The van der Waals surface area contributed by atoms with E-state index in [4.69, 9.17) is 5.73 Å². The minimum Gasteiger partial charge on any atom is -0.337 e. The molecule has 2 rings (SSSR count). The van der Waals surface area contributed by atoms with Gasteiger partial charge in [-0.3, -0.25) is 4.79 Å². The summed E-state index contributed by atoms with van der Waals surface area (Å²) in [5.41, 5.74) is 7.18. The average molecular weight is 341 g/mol. The summed E-state index contributed by atoms with van der Waals surface area (Å²) in [6.45, 7) is 5.15. The first-order valence-corrected chi connectivity index (χ1v) is 7.68. The molecule has 1 fully saturated rings. The van der Waals surface area contributed by atoms with Crippen molar-refractivity contribution in [2.24, 2.45) is 5.73 Å². The molecule has 7 heteroatoms. The quantitative estimate of drug-likeness (QED) is 0.788. The molecule has 0 aliphatic carbocycles. The summed E-state index contributed by atoms with van der Waals surface area (Å²) in [4.78, 5) is 25.8. The van der Waals surface area contributed by atoms with Crippen LogP contribution in [0.1, 0.15) is 37.0 Å².